The van der Waals surface area contributed by atoms with Crippen LogP contribution in [0.2, 0.25) is 0 Å². The van der Waals surface area contributed by atoms with Crippen LogP contribution in [0.25, 0.3) is 5.00 Å². The number of nitrogens with zero attached hydrogens (tertiary/aromatic N) is 2. The molecule has 0 bridgehead atoms. The molecule has 3 aromatic rings. The standard InChI is InChI=1S/C25H29N3O2S/c1-16(2)23-21-11-7-13-27(21)24-20(19-10-4-5-12-22(19)31-24)15-28(23)25(29)26-17-8-6-9-18(14-17)30-3/h6-9,11,13-14,16,23H,4-5,10,12,15H2,1-3H3,(H,26,29)/t23-/m0/s1. The number of methoxy groups -OCH3 is 1. The second-order valence-electron chi connectivity index (χ2n) is 8.78. The predicted octanol–water partition coefficient (Wildman–Crippen LogP) is 6.17. The molecule has 3 heterocycles. The zero-order valence-corrected chi connectivity index (χ0v) is 19.2. The Bertz CT molecular complexity index is 1110. The highest BCUT2D eigenvalue weighted by Crippen LogP contribution is 2.44. The Kier molecular flexibility index (Phi) is 5.26. The van der Waals surface area contributed by atoms with Crippen LogP contribution in [0, 0.1) is 5.92 Å². The minimum absolute atomic E-state index is 0.000511. The summed E-state index contributed by atoms with van der Waals surface area (Å²) in [4.78, 5) is 17.2. The number of aryl methyl sites for hydroxylation is 1. The first-order chi connectivity index (χ1) is 15.1. The number of thiophene rings is 1. The summed E-state index contributed by atoms with van der Waals surface area (Å²) in [5.41, 5.74) is 4.75. The fraction of sp³-hybridized carbons (Fsp3) is 0.400. The Hall–Kier alpha value is -2.73. The average Bonchev–Trinajstić information content (AvgIpc) is 3.35. The van der Waals surface area contributed by atoms with E-state index < -0.39 is 0 Å². The zero-order valence-electron chi connectivity index (χ0n) is 18.4. The number of hydrogen-bond acceptors (Lipinski definition) is 3. The van der Waals surface area contributed by atoms with Gasteiger partial charge in [0.05, 0.1) is 19.7 Å². The summed E-state index contributed by atoms with van der Waals surface area (Å²) in [5.74, 6) is 1.02. The third-order valence-electron chi connectivity index (χ3n) is 6.44. The molecular formula is C25H29N3O2S. The van der Waals surface area contributed by atoms with Crippen molar-refractivity contribution >= 4 is 23.1 Å². The molecule has 0 spiro atoms. The second kappa shape index (κ2) is 8.08. The number of hydrogen-bond donors (Lipinski definition) is 1. The minimum Gasteiger partial charge on any atom is -0.497 e. The summed E-state index contributed by atoms with van der Waals surface area (Å²) in [5, 5.41) is 4.43. The Morgan fingerprint density at radius 3 is 2.81 bits per heavy atom. The third kappa shape index (κ3) is 3.53. The average molecular weight is 436 g/mol. The van der Waals surface area contributed by atoms with E-state index in [4.69, 9.17) is 4.74 Å². The molecule has 5 rings (SSSR count). The molecule has 2 aromatic heterocycles. The molecule has 6 heteroatoms. The second-order valence-corrected chi connectivity index (χ2v) is 9.86. The van der Waals surface area contributed by atoms with Crippen LogP contribution in [0.1, 0.15) is 54.4 Å². The van der Waals surface area contributed by atoms with Crippen LogP contribution in [0.15, 0.2) is 42.6 Å². The first kappa shape index (κ1) is 20.2. The predicted molar refractivity (Wildman–Crippen MR) is 125 cm³/mol. The number of urea groups is 1. The van der Waals surface area contributed by atoms with E-state index in [9.17, 15) is 4.79 Å². The molecule has 1 aromatic carbocycles. The number of fused-ring (bicyclic) bond motifs is 5. The highest BCUT2D eigenvalue weighted by atomic mass is 32.1. The van der Waals surface area contributed by atoms with Crippen molar-refractivity contribution in [3.05, 3.63) is 64.3 Å². The van der Waals surface area contributed by atoms with Gasteiger partial charge in [0.1, 0.15) is 10.8 Å². The molecule has 1 atom stereocenters. The summed E-state index contributed by atoms with van der Waals surface area (Å²) in [7, 11) is 1.64. The van der Waals surface area contributed by atoms with E-state index in [-0.39, 0.29) is 18.0 Å². The van der Waals surface area contributed by atoms with Gasteiger partial charge in [-0.05, 0) is 61.4 Å². The maximum absolute atomic E-state index is 13.6. The number of ether oxygens (including phenoxy) is 1. The number of carbonyl (C=O) groups is 1. The van der Waals surface area contributed by atoms with Crippen LogP contribution in [0.4, 0.5) is 10.5 Å². The topological polar surface area (TPSA) is 46.5 Å². The maximum atomic E-state index is 13.6. The summed E-state index contributed by atoms with van der Waals surface area (Å²) < 4.78 is 7.66. The van der Waals surface area contributed by atoms with Crippen molar-refractivity contribution in [1.82, 2.24) is 9.47 Å². The van der Waals surface area contributed by atoms with E-state index in [2.05, 4.69) is 42.1 Å². The van der Waals surface area contributed by atoms with E-state index >= 15 is 0 Å². The van der Waals surface area contributed by atoms with Gasteiger partial charge in [-0.25, -0.2) is 4.79 Å². The first-order valence-electron chi connectivity index (χ1n) is 11.1. The van der Waals surface area contributed by atoms with Crippen LogP contribution in [0.5, 0.6) is 5.75 Å². The summed E-state index contributed by atoms with van der Waals surface area (Å²) in [6, 6.07) is 11.8. The number of anilines is 1. The van der Waals surface area contributed by atoms with Gasteiger partial charge in [0, 0.05) is 34.1 Å². The molecule has 1 aliphatic carbocycles. The van der Waals surface area contributed by atoms with Gasteiger partial charge in [-0.3, -0.25) is 0 Å². The number of nitrogens with one attached hydrogen (secondary N) is 1. The highest BCUT2D eigenvalue weighted by Gasteiger charge is 2.36. The SMILES string of the molecule is COc1cccc(NC(=O)N2Cc3c(sc4c3CCCC4)-n3cccc3[C@@H]2C(C)C)c1. The fourth-order valence-corrected chi connectivity index (χ4v) is 6.42. The number of aromatic nitrogens is 1. The van der Waals surface area contributed by atoms with Crippen LogP contribution in [0.3, 0.4) is 0 Å². The van der Waals surface area contributed by atoms with E-state index in [1.54, 1.807) is 7.11 Å². The van der Waals surface area contributed by atoms with Crippen molar-refractivity contribution in [1.29, 1.82) is 0 Å². The first-order valence-corrected chi connectivity index (χ1v) is 11.9. The van der Waals surface area contributed by atoms with Crippen molar-refractivity contribution in [3.8, 4) is 10.8 Å². The zero-order chi connectivity index (χ0) is 21.5. The molecule has 31 heavy (non-hydrogen) atoms. The largest absolute Gasteiger partial charge is 0.497 e. The third-order valence-corrected chi connectivity index (χ3v) is 7.77. The lowest BCUT2D eigenvalue weighted by Gasteiger charge is -2.33. The molecule has 0 saturated carbocycles. The number of carbonyl (C=O) groups excluding carboxylic acids is 1. The molecule has 0 saturated heterocycles. The summed E-state index contributed by atoms with van der Waals surface area (Å²) >= 11 is 1.92. The highest BCUT2D eigenvalue weighted by molar-refractivity contribution is 7.15. The minimum atomic E-state index is -0.0664. The molecule has 5 nitrogen and oxygen atoms in total. The molecular weight excluding hydrogens is 406 g/mol. The van der Waals surface area contributed by atoms with Gasteiger partial charge in [0.15, 0.2) is 0 Å². The Balaban J connectivity index is 1.57. The van der Waals surface area contributed by atoms with Crippen LogP contribution in [-0.4, -0.2) is 22.6 Å². The van der Waals surface area contributed by atoms with Crippen molar-refractivity contribution in [2.75, 3.05) is 12.4 Å². The Morgan fingerprint density at radius 1 is 1.16 bits per heavy atom. The van der Waals surface area contributed by atoms with Gasteiger partial charge in [-0.15, -0.1) is 11.3 Å². The van der Waals surface area contributed by atoms with E-state index in [0.29, 0.717) is 6.54 Å². The van der Waals surface area contributed by atoms with Gasteiger partial charge in [0.25, 0.3) is 0 Å². The molecule has 2 aliphatic rings. The number of amides is 2. The van der Waals surface area contributed by atoms with Crippen molar-refractivity contribution in [2.45, 2.75) is 52.1 Å². The Morgan fingerprint density at radius 2 is 2.00 bits per heavy atom. The quantitative estimate of drug-likeness (QED) is 0.535. The van der Waals surface area contributed by atoms with Crippen LogP contribution < -0.4 is 10.1 Å². The fourth-order valence-electron chi connectivity index (χ4n) is 5.02. The molecule has 0 fully saturated rings. The van der Waals surface area contributed by atoms with Gasteiger partial charge < -0.3 is 19.5 Å². The molecule has 0 unspecified atom stereocenters. The lowest BCUT2D eigenvalue weighted by molar-refractivity contribution is 0.161. The maximum Gasteiger partial charge on any atom is 0.322 e. The van der Waals surface area contributed by atoms with Crippen molar-refractivity contribution in [2.24, 2.45) is 5.92 Å². The van der Waals surface area contributed by atoms with E-state index in [1.807, 2.05) is 40.5 Å². The molecule has 1 aliphatic heterocycles. The van der Waals surface area contributed by atoms with Gasteiger partial charge in [-0.2, -0.15) is 0 Å². The van der Waals surface area contributed by atoms with Crippen LogP contribution in [-0.2, 0) is 19.4 Å². The normalized spacial score (nSPS) is 17.5. The summed E-state index contributed by atoms with van der Waals surface area (Å²) in [6.07, 6.45) is 6.94. The lowest BCUT2D eigenvalue weighted by atomic mass is 9.94. The molecule has 2 amide bonds. The van der Waals surface area contributed by atoms with Gasteiger partial charge in [-0.1, -0.05) is 19.9 Å². The van der Waals surface area contributed by atoms with Crippen molar-refractivity contribution in [3.63, 3.8) is 0 Å². The Labute approximate surface area is 187 Å². The molecule has 0 radical (unpaired) electrons. The molecule has 1 N–H and O–H groups in total. The monoisotopic (exact) mass is 435 g/mol. The van der Waals surface area contributed by atoms with Crippen molar-refractivity contribution < 1.29 is 9.53 Å². The lowest BCUT2D eigenvalue weighted by Crippen LogP contribution is -2.39. The van der Waals surface area contributed by atoms with Gasteiger partial charge >= 0.3 is 6.03 Å². The van der Waals surface area contributed by atoms with E-state index in [0.717, 1.165) is 24.3 Å². The summed E-state index contributed by atoms with van der Waals surface area (Å²) in [6.45, 7) is 5.03. The smallest absolute Gasteiger partial charge is 0.322 e. The number of rotatable bonds is 3. The van der Waals surface area contributed by atoms with Crippen LogP contribution >= 0.6 is 11.3 Å². The van der Waals surface area contributed by atoms with E-state index in [1.165, 1.54) is 39.5 Å². The molecule has 162 valence electrons. The van der Waals surface area contributed by atoms with Gasteiger partial charge in [0.2, 0.25) is 0 Å². The number of benzene rings is 1.